The van der Waals surface area contributed by atoms with Crippen LogP contribution in [-0.2, 0) is 32.8 Å². The SMILES string of the molecule is CCc1cccc(-c2c(F)cccc2[C@](O)(CCCNC(=O)OC)[C@@H]2CCCN(C(=O)[C@@H]3CCCN3C(=O)[C@@H](N)Cc3ccccc3)C2)c1. The number of nitrogens with two attached hydrogens (primary N) is 1. The Balaban J connectivity index is 1.41. The number of nitrogens with one attached hydrogen (secondary N) is 1. The van der Waals surface area contributed by atoms with E-state index in [0.717, 1.165) is 17.5 Å². The lowest BCUT2D eigenvalue weighted by atomic mass is 9.72. The van der Waals surface area contributed by atoms with E-state index in [-0.39, 0.29) is 31.3 Å². The van der Waals surface area contributed by atoms with E-state index in [1.54, 1.807) is 21.9 Å². The van der Waals surface area contributed by atoms with E-state index < -0.39 is 35.5 Å². The molecule has 0 radical (unpaired) electrons. The second-order valence-electron chi connectivity index (χ2n) is 13.3. The van der Waals surface area contributed by atoms with Gasteiger partial charge in [-0.05, 0) is 79.7 Å². The molecule has 0 aromatic heterocycles. The van der Waals surface area contributed by atoms with Crippen molar-refractivity contribution >= 4 is 17.9 Å². The Labute approximate surface area is 288 Å². The topological polar surface area (TPSA) is 125 Å². The number of nitrogens with zero attached hydrogens (tertiary/aromatic N) is 2. The van der Waals surface area contributed by atoms with Crippen LogP contribution in [0.4, 0.5) is 9.18 Å². The van der Waals surface area contributed by atoms with Gasteiger partial charge in [-0.2, -0.15) is 0 Å². The minimum atomic E-state index is -1.53. The van der Waals surface area contributed by atoms with Crippen molar-refractivity contribution in [3.8, 4) is 11.1 Å². The number of halogens is 1. The molecular weight excluding hydrogens is 623 g/mol. The van der Waals surface area contributed by atoms with E-state index in [4.69, 9.17) is 10.5 Å². The second kappa shape index (κ2) is 16.4. The lowest BCUT2D eigenvalue weighted by molar-refractivity contribution is -0.147. The molecule has 2 heterocycles. The van der Waals surface area contributed by atoms with Gasteiger partial charge in [0.05, 0.1) is 18.8 Å². The predicted molar refractivity (Wildman–Crippen MR) is 187 cm³/mol. The molecule has 2 aliphatic heterocycles. The average Bonchev–Trinajstić information content (AvgIpc) is 3.63. The molecule has 0 aliphatic carbocycles. The highest BCUT2D eigenvalue weighted by Crippen LogP contribution is 2.44. The van der Waals surface area contributed by atoms with Crippen LogP contribution in [0.15, 0.2) is 72.8 Å². The van der Waals surface area contributed by atoms with Crippen molar-refractivity contribution in [2.45, 2.75) is 76.0 Å². The maximum absolute atomic E-state index is 15.8. The lowest BCUT2D eigenvalue weighted by Crippen LogP contribution is -2.55. The van der Waals surface area contributed by atoms with Crippen LogP contribution in [0.1, 0.15) is 62.1 Å². The van der Waals surface area contributed by atoms with E-state index in [2.05, 4.69) is 5.32 Å². The van der Waals surface area contributed by atoms with Crippen LogP contribution in [0.5, 0.6) is 0 Å². The molecule has 10 heteroatoms. The van der Waals surface area contributed by atoms with Crippen molar-refractivity contribution in [3.05, 3.63) is 95.3 Å². The minimum Gasteiger partial charge on any atom is -0.453 e. The molecule has 262 valence electrons. The number of ether oxygens (including phenoxy) is 1. The number of alkyl carbamates (subject to hydrolysis) is 1. The van der Waals surface area contributed by atoms with Gasteiger partial charge in [-0.25, -0.2) is 9.18 Å². The molecule has 2 saturated heterocycles. The van der Waals surface area contributed by atoms with Gasteiger partial charge in [0.15, 0.2) is 0 Å². The van der Waals surface area contributed by atoms with Crippen molar-refractivity contribution in [2.24, 2.45) is 11.7 Å². The van der Waals surface area contributed by atoms with E-state index >= 15 is 4.39 Å². The Morgan fingerprint density at radius 1 is 1.02 bits per heavy atom. The molecule has 3 aromatic rings. The zero-order chi connectivity index (χ0) is 35.0. The molecule has 3 aromatic carbocycles. The van der Waals surface area contributed by atoms with Crippen LogP contribution >= 0.6 is 0 Å². The number of hydrogen-bond donors (Lipinski definition) is 3. The molecule has 5 rings (SSSR count). The summed E-state index contributed by atoms with van der Waals surface area (Å²) in [6.07, 6.45) is 3.72. The Kier molecular flexibility index (Phi) is 12.1. The van der Waals surface area contributed by atoms with Crippen molar-refractivity contribution in [1.29, 1.82) is 0 Å². The van der Waals surface area contributed by atoms with Gasteiger partial charge in [0.1, 0.15) is 11.9 Å². The number of piperidine rings is 1. The first-order valence-electron chi connectivity index (χ1n) is 17.5. The van der Waals surface area contributed by atoms with Crippen molar-refractivity contribution in [3.63, 3.8) is 0 Å². The van der Waals surface area contributed by atoms with Crippen molar-refractivity contribution < 1.29 is 28.6 Å². The maximum Gasteiger partial charge on any atom is 0.406 e. The molecular formula is C39H49FN4O5. The summed E-state index contributed by atoms with van der Waals surface area (Å²) >= 11 is 0. The third-order valence-electron chi connectivity index (χ3n) is 10.1. The number of rotatable bonds is 12. The summed E-state index contributed by atoms with van der Waals surface area (Å²) in [7, 11) is 1.29. The molecule has 0 saturated carbocycles. The highest BCUT2D eigenvalue weighted by atomic mass is 19.1. The molecule has 2 aliphatic rings. The third kappa shape index (κ3) is 8.31. The third-order valence-corrected chi connectivity index (χ3v) is 10.1. The highest BCUT2D eigenvalue weighted by molar-refractivity contribution is 5.90. The van der Waals surface area contributed by atoms with Crippen LogP contribution in [0.3, 0.4) is 0 Å². The number of hydrogen-bond acceptors (Lipinski definition) is 6. The molecule has 9 nitrogen and oxygen atoms in total. The maximum atomic E-state index is 15.8. The molecule has 4 N–H and O–H groups in total. The highest BCUT2D eigenvalue weighted by Gasteiger charge is 2.45. The standard InChI is InChI=1S/C39H49FN4O5/c1-3-27-14-7-15-29(24-27)35-31(17-8-18-32(35)40)39(48,20-11-21-42-38(47)49-2)30-16-9-22-43(26-30)37(46)34-19-10-23-44(34)36(45)33(41)25-28-12-5-4-6-13-28/h4-8,12-15,17-18,24,30,33-34,48H,3,9-11,16,19-23,25-26,41H2,1-2H3,(H,42,47)/t30-,33+,34+,39+/m1/s1. The van der Waals surface area contributed by atoms with E-state index in [9.17, 15) is 19.5 Å². The summed E-state index contributed by atoms with van der Waals surface area (Å²) in [6, 6.07) is 20.7. The van der Waals surface area contributed by atoms with Gasteiger partial charge < -0.3 is 30.7 Å². The normalized spacial score (nSPS) is 19.6. The number of aryl methyl sites for hydroxylation is 1. The van der Waals surface area contributed by atoms with Crippen molar-refractivity contribution in [2.75, 3.05) is 33.3 Å². The van der Waals surface area contributed by atoms with Crippen LogP contribution in [-0.4, -0.2) is 78.2 Å². The molecule has 0 spiro atoms. The van der Waals surface area contributed by atoms with Crippen LogP contribution in [0.25, 0.3) is 11.1 Å². The molecule has 0 bridgehead atoms. The first-order chi connectivity index (χ1) is 23.7. The fraction of sp³-hybridized carbons (Fsp3) is 0.462. The predicted octanol–water partition coefficient (Wildman–Crippen LogP) is 5.18. The molecule has 2 fully saturated rings. The number of amides is 3. The van der Waals surface area contributed by atoms with Gasteiger partial charge in [0, 0.05) is 37.7 Å². The molecule has 3 amide bonds. The number of methoxy groups -OCH3 is 1. The summed E-state index contributed by atoms with van der Waals surface area (Å²) in [5.74, 6) is -1.24. The average molecular weight is 673 g/mol. The van der Waals surface area contributed by atoms with Gasteiger partial charge in [-0.15, -0.1) is 0 Å². The largest absolute Gasteiger partial charge is 0.453 e. The van der Waals surface area contributed by atoms with Crippen LogP contribution in [0, 0.1) is 11.7 Å². The summed E-state index contributed by atoms with van der Waals surface area (Å²) in [4.78, 5) is 42.9. The van der Waals surface area contributed by atoms with Gasteiger partial charge in [0.2, 0.25) is 11.8 Å². The van der Waals surface area contributed by atoms with Gasteiger partial charge in [-0.3, -0.25) is 9.59 Å². The van der Waals surface area contributed by atoms with Gasteiger partial charge >= 0.3 is 6.09 Å². The van der Waals surface area contributed by atoms with Crippen LogP contribution in [0.2, 0.25) is 0 Å². The number of likely N-dealkylation sites (tertiary alicyclic amines) is 2. The second-order valence-corrected chi connectivity index (χ2v) is 13.3. The zero-order valence-corrected chi connectivity index (χ0v) is 28.6. The fourth-order valence-electron chi connectivity index (χ4n) is 7.54. The molecule has 49 heavy (non-hydrogen) atoms. The minimum absolute atomic E-state index is 0.146. The Morgan fingerprint density at radius 2 is 1.76 bits per heavy atom. The Bertz CT molecular complexity index is 1600. The first-order valence-corrected chi connectivity index (χ1v) is 17.5. The van der Waals surface area contributed by atoms with Gasteiger partial charge in [0.25, 0.3) is 0 Å². The van der Waals surface area contributed by atoms with E-state index in [1.165, 1.54) is 13.2 Å². The number of carbonyl (C=O) groups is 3. The van der Waals surface area contributed by atoms with Gasteiger partial charge in [-0.1, -0.05) is 73.7 Å². The summed E-state index contributed by atoms with van der Waals surface area (Å²) < 4.78 is 20.6. The Morgan fingerprint density at radius 3 is 2.51 bits per heavy atom. The van der Waals surface area contributed by atoms with E-state index in [1.807, 2.05) is 61.5 Å². The number of benzene rings is 3. The summed E-state index contributed by atoms with van der Waals surface area (Å²) in [5.41, 5.74) is 8.33. The quantitative estimate of drug-likeness (QED) is 0.228. The molecule has 4 atom stereocenters. The summed E-state index contributed by atoms with van der Waals surface area (Å²) in [6.45, 7) is 3.51. The zero-order valence-electron chi connectivity index (χ0n) is 28.6. The molecule has 0 unspecified atom stereocenters. The smallest absolute Gasteiger partial charge is 0.406 e. The first kappa shape index (κ1) is 36.0. The number of carbonyl (C=O) groups excluding carboxylic acids is 3. The van der Waals surface area contributed by atoms with Crippen molar-refractivity contribution in [1.82, 2.24) is 15.1 Å². The Hall–Kier alpha value is -4.28. The lowest BCUT2D eigenvalue weighted by Gasteiger charge is -2.44. The number of aliphatic hydroxyl groups is 1. The summed E-state index contributed by atoms with van der Waals surface area (Å²) in [5, 5.41) is 15.5. The monoisotopic (exact) mass is 672 g/mol. The fourth-order valence-corrected chi connectivity index (χ4v) is 7.54. The van der Waals surface area contributed by atoms with Crippen LogP contribution < -0.4 is 11.1 Å². The van der Waals surface area contributed by atoms with E-state index in [0.29, 0.717) is 68.3 Å².